The lowest BCUT2D eigenvalue weighted by molar-refractivity contribution is -0.137. The number of methoxy groups -OCH3 is 1. The molecule has 0 aromatic carbocycles. The van der Waals surface area contributed by atoms with Gasteiger partial charge >= 0.3 is 5.97 Å². The number of hydrogen-bond donors (Lipinski definition) is 1. The highest BCUT2D eigenvalue weighted by Crippen LogP contribution is 2.24. The summed E-state index contributed by atoms with van der Waals surface area (Å²) in [5.41, 5.74) is 2.17. The van der Waals surface area contributed by atoms with Crippen molar-refractivity contribution in [2.24, 2.45) is 13.0 Å². The zero-order chi connectivity index (χ0) is 14.4. The van der Waals surface area contributed by atoms with Crippen molar-refractivity contribution in [3.63, 3.8) is 0 Å². The SMILES string of the molecule is COC(=O)CSc1c(CNCC(C)C)c(C)nn1C. The molecule has 0 unspecified atom stereocenters. The molecule has 5 nitrogen and oxygen atoms in total. The number of esters is 1. The van der Waals surface area contributed by atoms with E-state index in [2.05, 4.69) is 29.0 Å². The topological polar surface area (TPSA) is 56.1 Å². The van der Waals surface area contributed by atoms with E-state index in [0.29, 0.717) is 11.7 Å². The van der Waals surface area contributed by atoms with Crippen molar-refractivity contribution >= 4 is 17.7 Å². The van der Waals surface area contributed by atoms with Crippen molar-refractivity contribution in [1.82, 2.24) is 15.1 Å². The highest BCUT2D eigenvalue weighted by atomic mass is 32.2. The second-order valence-corrected chi connectivity index (χ2v) is 5.85. The molecule has 6 heteroatoms. The molecule has 0 radical (unpaired) electrons. The van der Waals surface area contributed by atoms with Crippen LogP contribution in [0.15, 0.2) is 5.03 Å². The van der Waals surface area contributed by atoms with Gasteiger partial charge < -0.3 is 10.1 Å². The summed E-state index contributed by atoms with van der Waals surface area (Å²) >= 11 is 1.47. The molecule has 1 N–H and O–H groups in total. The number of hydrogen-bond acceptors (Lipinski definition) is 5. The summed E-state index contributed by atoms with van der Waals surface area (Å²) in [6, 6.07) is 0. The van der Waals surface area contributed by atoms with Crippen LogP contribution in [0.3, 0.4) is 0 Å². The zero-order valence-corrected chi connectivity index (χ0v) is 13.1. The van der Waals surface area contributed by atoms with Crippen molar-refractivity contribution in [2.75, 3.05) is 19.4 Å². The molecule has 1 rings (SSSR count). The lowest BCUT2D eigenvalue weighted by Gasteiger charge is -2.09. The second kappa shape index (κ2) is 7.55. The van der Waals surface area contributed by atoms with E-state index in [1.165, 1.54) is 18.9 Å². The molecule has 1 aromatic heterocycles. The first-order chi connectivity index (χ1) is 8.95. The fourth-order valence-electron chi connectivity index (χ4n) is 1.74. The number of ether oxygens (including phenoxy) is 1. The summed E-state index contributed by atoms with van der Waals surface area (Å²) < 4.78 is 6.49. The van der Waals surface area contributed by atoms with Crippen molar-refractivity contribution in [1.29, 1.82) is 0 Å². The Morgan fingerprint density at radius 2 is 2.21 bits per heavy atom. The molecule has 1 aromatic rings. The Morgan fingerprint density at radius 1 is 1.53 bits per heavy atom. The van der Waals surface area contributed by atoms with Gasteiger partial charge in [0.15, 0.2) is 0 Å². The van der Waals surface area contributed by atoms with Gasteiger partial charge in [-0.1, -0.05) is 25.6 Å². The first-order valence-electron chi connectivity index (χ1n) is 6.38. The molecule has 0 amide bonds. The minimum Gasteiger partial charge on any atom is -0.468 e. The van der Waals surface area contributed by atoms with E-state index in [9.17, 15) is 4.79 Å². The summed E-state index contributed by atoms with van der Waals surface area (Å²) in [4.78, 5) is 11.2. The van der Waals surface area contributed by atoms with Crippen molar-refractivity contribution in [2.45, 2.75) is 32.3 Å². The fourth-order valence-corrected chi connectivity index (χ4v) is 2.73. The summed E-state index contributed by atoms with van der Waals surface area (Å²) in [6.45, 7) is 8.09. The van der Waals surface area contributed by atoms with Crippen LogP contribution in [0.2, 0.25) is 0 Å². The lowest BCUT2D eigenvalue weighted by atomic mass is 10.2. The van der Waals surface area contributed by atoms with Crippen molar-refractivity contribution in [3.8, 4) is 0 Å². The first-order valence-corrected chi connectivity index (χ1v) is 7.37. The molecular formula is C13H23N3O2S. The summed E-state index contributed by atoms with van der Waals surface area (Å²) in [6.07, 6.45) is 0. The third kappa shape index (κ3) is 4.87. The number of carbonyl (C=O) groups is 1. The number of aryl methyl sites for hydroxylation is 2. The lowest BCUT2D eigenvalue weighted by Crippen LogP contribution is -2.19. The van der Waals surface area contributed by atoms with E-state index in [1.54, 1.807) is 0 Å². The molecule has 0 bridgehead atoms. The number of aromatic nitrogens is 2. The zero-order valence-electron chi connectivity index (χ0n) is 12.3. The Morgan fingerprint density at radius 3 is 2.79 bits per heavy atom. The predicted molar refractivity (Wildman–Crippen MR) is 77.2 cm³/mol. The molecule has 0 atom stereocenters. The van der Waals surface area contributed by atoms with Crippen LogP contribution in [-0.2, 0) is 23.1 Å². The van der Waals surface area contributed by atoms with Gasteiger partial charge in [0, 0.05) is 19.2 Å². The largest absolute Gasteiger partial charge is 0.468 e. The Balaban J connectivity index is 2.70. The molecule has 0 saturated heterocycles. The van der Waals surface area contributed by atoms with Crippen molar-refractivity contribution in [3.05, 3.63) is 11.3 Å². The normalized spacial score (nSPS) is 11.1. The van der Waals surface area contributed by atoms with Crippen LogP contribution >= 0.6 is 11.8 Å². The van der Waals surface area contributed by atoms with Crippen LogP contribution in [0.5, 0.6) is 0 Å². The number of thioether (sulfide) groups is 1. The van der Waals surface area contributed by atoms with E-state index in [1.807, 2.05) is 18.7 Å². The number of nitrogens with one attached hydrogen (secondary N) is 1. The maximum Gasteiger partial charge on any atom is 0.316 e. The Kier molecular flexibility index (Phi) is 6.37. The van der Waals surface area contributed by atoms with Gasteiger partial charge in [-0.25, -0.2) is 0 Å². The van der Waals surface area contributed by atoms with Crippen LogP contribution in [0, 0.1) is 12.8 Å². The third-order valence-corrected chi connectivity index (χ3v) is 3.86. The monoisotopic (exact) mass is 285 g/mol. The summed E-state index contributed by atoms with van der Waals surface area (Å²) in [5.74, 6) is 0.709. The second-order valence-electron chi connectivity index (χ2n) is 4.88. The molecule has 19 heavy (non-hydrogen) atoms. The van der Waals surface area contributed by atoms with Crippen LogP contribution in [0.25, 0.3) is 0 Å². The summed E-state index contributed by atoms with van der Waals surface area (Å²) in [7, 11) is 3.31. The minimum atomic E-state index is -0.218. The van der Waals surface area contributed by atoms with Crippen LogP contribution in [0.1, 0.15) is 25.1 Å². The maximum absolute atomic E-state index is 11.2. The average Bonchev–Trinajstić information content (AvgIpc) is 2.61. The smallest absolute Gasteiger partial charge is 0.316 e. The van der Waals surface area contributed by atoms with Crippen LogP contribution in [0.4, 0.5) is 0 Å². The number of nitrogens with zero attached hydrogens (tertiary/aromatic N) is 2. The quantitative estimate of drug-likeness (QED) is 0.611. The van der Waals surface area contributed by atoms with E-state index < -0.39 is 0 Å². The van der Waals surface area contributed by atoms with Gasteiger partial charge in [-0.05, 0) is 19.4 Å². The fraction of sp³-hybridized carbons (Fsp3) is 0.692. The van der Waals surface area contributed by atoms with Gasteiger partial charge in [0.1, 0.15) is 0 Å². The molecular weight excluding hydrogens is 262 g/mol. The molecule has 108 valence electrons. The van der Waals surface area contributed by atoms with Gasteiger partial charge in [-0.2, -0.15) is 5.10 Å². The van der Waals surface area contributed by atoms with Crippen LogP contribution in [-0.4, -0.2) is 35.2 Å². The van der Waals surface area contributed by atoms with Gasteiger partial charge in [-0.3, -0.25) is 9.48 Å². The third-order valence-electron chi connectivity index (χ3n) is 2.70. The van der Waals surface area contributed by atoms with E-state index >= 15 is 0 Å². The number of rotatable bonds is 7. The van der Waals surface area contributed by atoms with Crippen LogP contribution < -0.4 is 5.32 Å². The van der Waals surface area contributed by atoms with Gasteiger partial charge in [0.25, 0.3) is 0 Å². The molecule has 0 aliphatic heterocycles. The van der Waals surface area contributed by atoms with E-state index in [-0.39, 0.29) is 5.97 Å². The Bertz CT molecular complexity index is 430. The Hall–Kier alpha value is -1.01. The number of carbonyl (C=O) groups excluding carboxylic acids is 1. The molecule has 0 aliphatic rings. The molecule has 1 heterocycles. The highest BCUT2D eigenvalue weighted by molar-refractivity contribution is 7.99. The maximum atomic E-state index is 11.2. The van der Waals surface area contributed by atoms with Gasteiger partial charge in [-0.15, -0.1) is 0 Å². The average molecular weight is 285 g/mol. The molecule has 0 fully saturated rings. The van der Waals surface area contributed by atoms with Gasteiger partial charge in [0.05, 0.1) is 23.6 Å². The molecule has 0 aliphatic carbocycles. The minimum absolute atomic E-state index is 0.218. The van der Waals surface area contributed by atoms with E-state index in [0.717, 1.165) is 29.4 Å². The van der Waals surface area contributed by atoms with E-state index in [4.69, 9.17) is 0 Å². The predicted octanol–water partition coefficient (Wildman–Crippen LogP) is 1.74. The highest BCUT2D eigenvalue weighted by Gasteiger charge is 2.15. The summed E-state index contributed by atoms with van der Waals surface area (Å²) in [5, 5.41) is 8.86. The first kappa shape index (κ1) is 16.0. The standard InChI is InChI=1S/C13H23N3O2S/c1-9(2)6-14-7-11-10(3)15-16(4)13(11)19-8-12(17)18-5/h9,14H,6-8H2,1-5H3. The molecule has 0 saturated carbocycles. The van der Waals surface area contributed by atoms with Gasteiger partial charge in [0.2, 0.25) is 0 Å². The molecule has 0 spiro atoms. The van der Waals surface area contributed by atoms with Crippen molar-refractivity contribution < 1.29 is 9.53 Å². The Labute approximate surface area is 119 Å².